The van der Waals surface area contributed by atoms with Crippen molar-refractivity contribution in [3.8, 4) is 6.07 Å². The number of hydrogen-bond donors (Lipinski definition) is 1. The van der Waals surface area contributed by atoms with E-state index in [-0.39, 0.29) is 5.69 Å². The SMILES string of the molecule is C[C@H](OC(=O)/C=C/c1ccc([N+](=O)[O-])cc1)C(=O)NC1(C#N)CCCCC1. The number of nitrogens with zero attached hydrogens (tertiary/aromatic N) is 2. The summed E-state index contributed by atoms with van der Waals surface area (Å²) in [5.41, 5.74) is -0.348. The van der Waals surface area contributed by atoms with Crippen molar-refractivity contribution in [3.05, 3.63) is 46.0 Å². The van der Waals surface area contributed by atoms with Crippen LogP contribution < -0.4 is 5.32 Å². The number of carbonyl (C=O) groups is 2. The molecule has 0 saturated heterocycles. The first-order valence-corrected chi connectivity index (χ1v) is 8.72. The summed E-state index contributed by atoms with van der Waals surface area (Å²) in [5, 5.41) is 22.7. The maximum absolute atomic E-state index is 12.3. The predicted octanol–water partition coefficient (Wildman–Crippen LogP) is 2.88. The lowest BCUT2D eigenvalue weighted by Gasteiger charge is -2.32. The molecule has 0 spiro atoms. The summed E-state index contributed by atoms with van der Waals surface area (Å²) in [7, 11) is 0. The Kier molecular flexibility index (Phi) is 6.66. The van der Waals surface area contributed by atoms with Gasteiger partial charge in [0.25, 0.3) is 11.6 Å². The summed E-state index contributed by atoms with van der Waals surface area (Å²) in [4.78, 5) is 34.2. The highest BCUT2D eigenvalue weighted by Crippen LogP contribution is 2.27. The van der Waals surface area contributed by atoms with Gasteiger partial charge in [-0.1, -0.05) is 19.3 Å². The summed E-state index contributed by atoms with van der Waals surface area (Å²) >= 11 is 0. The second-order valence-electron chi connectivity index (χ2n) is 6.50. The molecule has 27 heavy (non-hydrogen) atoms. The molecule has 1 aromatic rings. The third-order valence-electron chi connectivity index (χ3n) is 4.46. The van der Waals surface area contributed by atoms with E-state index in [4.69, 9.17) is 4.74 Å². The van der Waals surface area contributed by atoms with Gasteiger partial charge < -0.3 is 10.1 Å². The molecule has 1 aliphatic carbocycles. The second-order valence-corrected chi connectivity index (χ2v) is 6.50. The minimum Gasteiger partial charge on any atom is -0.449 e. The van der Waals surface area contributed by atoms with Crippen LogP contribution in [0, 0.1) is 21.4 Å². The van der Waals surface area contributed by atoms with E-state index in [2.05, 4.69) is 11.4 Å². The lowest BCUT2D eigenvalue weighted by molar-refractivity contribution is -0.384. The van der Waals surface area contributed by atoms with E-state index in [0.29, 0.717) is 18.4 Å². The average molecular weight is 371 g/mol. The normalized spacial score (nSPS) is 16.9. The monoisotopic (exact) mass is 371 g/mol. The number of hydrogen-bond acceptors (Lipinski definition) is 6. The molecule has 1 saturated carbocycles. The highest BCUT2D eigenvalue weighted by atomic mass is 16.6. The molecule has 0 radical (unpaired) electrons. The van der Waals surface area contributed by atoms with Gasteiger partial charge in [-0.3, -0.25) is 14.9 Å². The standard InChI is InChI=1S/C19H21N3O5/c1-14(18(24)21-19(13-20)11-3-2-4-12-19)27-17(23)10-7-15-5-8-16(9-6-15)22(25)26/h5-10,14H,2-4,11-12H2,1H3,(H,21,24)/b10-7+/t14-/m0/s1. The maximum Gasteiger partial charge on any atom is 0.331 e. The largest absolute Gasteiger partial charge is 0.449 e. The molecule has 1 fully saturated rings. The van der Waals surface area contributed by atoms with Crippen molar-refractivity contribution in [1.82, 2.24) is 5.32 Å². The van der Waals surface area contributed by atoms with Crippen LogP contribution in [-0.2, 0) is 14.3 Å². The van der Waals surface area contributed by atoms with E-state index in [9.17, 15) is 25.0 Å². The molecule has 1 atom stereocenters. The zero-order valence-corrected chi connectivity index (χ0v) is 15.0. The Bertz CT molecular complexity index is 774. The van der Waals surface area contributed by atoms with Crippen molar-refractivity contribution >= 4 is 23.6 Å². The summed E-state index contributed by atoms with van der Waals surface area (Å²) in [6.45, 7) is 1.45. The number of esters is 1. The third kappa shape index (κ3) is 5.64. The summed E-state index contributed by atoms with van der Waals surface area (Å²) in [6, 6.07) is 7.83. The Balaban J connectivity index is 1.89. The highest BCUT2D eigenvalue weighted by Gasteiger charge is 2.35. The second kappa shape index (κ2) is 8.94. The molecule has 0 aromatic heterocycles. The number of non-ortho nitro benzene ring substituents is 1. The minimum absolute atomic E-state index is 0.0471. The Morgan fingerprint density at radius 3 is 2.48 bits per heavy atom. The van der Waals surface area contributed by atoms with Gasteiger partial charge in [0.2, 0.25) is 0 Å². The Morgan fingerprint density at radius 1 is 1.30 bits per heavy atom. The fraction of sp³-hybridized carbons (Fsp3) is 0.421. The molecule has 8 nitrogen and oxygen atoms in total. The average Bonchev–Trinajstić information content (AvgIpc) is 2.67. The van der Waals surface area contributed by atoms with Crippen LogP contribution in [0.1, 0.15) is 44.6 Å². The molecule has 2 rings (SSSR count). The number of nitrogens with one attached hydrogen (secondary N) is 1. The number of rotatable bonds is 6. The van der Waals surface area contributed by atoms with Crippen molar-refractivity contribution in [3.63, 3.8) is 0 Å². The molecule has 8 heteroatoms. The van der Waals surface area contributed by atoms with E-state index in [0.717, 1.165) is 25.3 Å². The number of nitriles is 1. The molecule has 142 valence electrons. The maximum atomic E-state index is 12.3. The lowest BCUT2D eigenvalue weighted by atomic mass is 9.83. The van der Waals surface area contributed by atoms with E-state index in [1.165, 1.54) is 37.3 Å². The molecule has 1 aliphatic rings. The smallest absolute Gasteiger partial charge is 0.331 e. The van der Waals surface area contributed by atoms with E-state index in [1.807, 2.05) is 0 Å². The Labute approximate surface area is 157 Å². The minimum atomic E-state index is -1.04. The van der Waals surface area contributed by atoms with Gasteiger partial charge in [0.05, 0.1) is 11.0 Å². The van der Waals surface area contributed by atoms with E-state index < -0.39 is 28.4 Å². The van der Waals surface area contributed by atoms with Crippen LogP contribution in [0.15, 0.2) is 30.3 Å². The fourth-order valence-corrected chi connectivity index (χ4v) is 2.90. The van der Waals surface area contributed by atoms with Crippen LogP contribution in [0.5, 0.6) is 0 Å². The lowest BCUT2D eigenvalue weighted by Crippen LogP contribution is -2.52. The van der Waals surface area contributed by atoms with Gasteiger partial charge in [-0.05, 0) is 43.5 Å². The predicted molar refractivity (Wildman–Crippen MR) is 97.3 cm³/mol. The number of ether oxygens (including phenoxy) is 1. The topological polar surface area (TPSA) is 122 Å². The Morgan fingerprint density at radius 2 is 1.93 bits per heavy atom. The van der Waals surface area contributed by atoms with E-state index >= 15 is 0 Å². The first-order valence-electron chi connectivity index (χ1n) is 8.72. The molecule has 1 amide bonds. The van der Waals surface area contributed by atoms with Gasteiger partial charge in [0.1, 0.15) is 5.54 Å². The number of nitro groups is 1. The van der Waals surface area contributed by atoms with Crippen LogP contribution >= 0.6 is 0 Å². The van der Waals surface area contributed by atoms with Gasteiger partial charge in [-0.2, -0.15) is 5.26 Å². The van der Waals surface area contributed by atoms with Crippen LogP contribution in [-0.4, -0.2) is 28.4 Å². The third-order valence-corrected chi connectivity index (χ3v) is 4.46. The zero-order valence-electron chi connectivity index (χ0n) is 15.0. The van der Waals surface area contributed by atoms with E-state index in [1.54, 1.807) is 0 Å². The summed E-state index contributed by atoms with van der Waals surface area (Å²) < 4.78 is 5.07. The van der Waals surface area contributed by atoms with Gasteiger partial charge in [0.15, 0.2) is 6.10 Å². The van der Waals surface area contributed by atoms with Gasteiger partial charge in [0, 0.05) is 18.2 Å². The van der Waals surface area contributed by atoms with Gasteiger partial charge in [-0.15, -0.1) is 0 Å². The highest BCUT2D eigenvalue weighted by molar-refractivity contribution is 5.90. The molecular formula is C19H21N3O5. The molecule has 1 N–H and O–H groups in total. The number of carbonyl (C=O) groups excluding carboxylic acids is 2. The van der Waals surface area contributed by atoms with Gasteiger partial charge >= 0.3 is 5.97 Å². The molecule has 0 bridgehead atoms. The van der Waals surface area contributed by atoms with Crippen LogP contribution in [0.25, 0.3) is 6.08 Å². The molecule has 0 unspecified atom stereocenters. The number of nitro benzene ring substituents is 1. The first-order chi connectivity index (χ1) is 12.8. The number of benzene rings is 1. The van der Waals surface area contributed by atoms with Crippen molar-refractivity contribution < 1.29 is 19.2 Å². The Hall–Kier alpha value is -3.21. The summed E-state index contributed by atoms with van der Waals surface area (Å²) in [5.74, 6) is -1.22. The van der Waals surface area contributed by atoms with Crippen molar-refractivity contribution in [2.75, 3.05) is 0 Å². The van der Waals surface area contributed by atoms with Crippen LogP contribution in [0.4, 0.5) is 5.69 Å². The van der Waals surface area contributed by atoms with Crippen LogP contribution in [0.3, 0.4) is 0 Å². The summed E-state index contributed by atoms with van der Waals surface area (Å²) in [6.07, 6.45) is 5.52. The van der Waals surface area contributed by atoms with Crippen molar-refractivity contribution in [1.29, 1.82) is 5.26 Å². The van der Waals surface area contributed by atoms with Crippen molar-refractivity contribution in [2.45, 2.75) is 50.7 Å². The molecule has 0 heterocycles. The fourth-order valence-electron chi connectivity index (χ4n) is 2.90. The molecule has 0 aliphatic heterocycles. The molecule has 1 aromatic carbocycles. The first kappa shape index (κ1) is 20.1. The quantitative estimate of drug-likeness (QED) is 0.355. The number of amides is 1. The van der Waals surface area contributed by atoms with Gasteiger partial charge in [-0.25, -0.2) is 4.79 Å². The van der Waals surface area contributed by atoms with Crippen LogP contribution in [0.2, 0.25) is 0 Å². The van der Waals surface area contributed by atoms with Crippen molar-refractivity contribution in [2.24, 2.45) is 0 Å². The zero-order chi connectivity index (χ0) is 19.9. The molecular weight excluding hydrogens is 350 g/mol.